The average Bonchev–Trinajstić information content (AvgIpc) is 2.21. The molecule has 16 heavy (non-hydrogen) atoms. The second kappa shape index (κ2) is 4.99. The predicted octanol–water partition coefficient (Wildman–Crippen LogP) is 1.66. The fourth-order valence-corrected chi connectivity index (χ4v) is 1.21. The molecule has 0 atom stereocenters. The Kier molecular flexibility index (Phi) is 3.67. The van der Waals surface area contributed by atoms with Gasteiger partial charge in [0.05, 0.1) is 5.56 Å². The summed E-state index contributed by atoms with van der Waals surface area (Å²) in [4.78, 5) is 22.0. The van der Waals surface area contributed by atoms with E-state index in [2.05, 4.69) is 17.2 Å². The Morgan fingerprint density at radius 1 is 1.38 bits per heavy atom. The van der Waals surface area contributed by atoms with Crippen LogP contribution in [0.5, 0.6) is 0 Å². The van der Waals surface area contributed by atoms with Crippen molar-refractivity contribution in [1.82, 2.24) is 0 Å². The standard InChI is InChI=1S/C12H11NO3/c1-3-4-11(14)13-9-6-5-8(2)10(7-9)12(15)16/h5-7H,1-2H3,(H,13,14)(H,15,16). The normalized spacial score (nSPS) is 8.88. The molecule has 0 aromatic heterocycles. The van der Waals surface area contributed by atoms with Crippen molar-refractivity contribution in [3.8, 4) is 11.8 Å². The molecule has 0 aliphatic rings. The van der Waals surface area contributed by atoms with E-state index in [1.165, 1.54) is 6.07 Å². The number of aromatic carboxylic acids is 1. The first-order valence-corrected chi connectivity index (χ1v) is 4.62. The molecule has 0 radical (unpaired) electrons. The zero-order chi connectivity index (χ0) is 12.1. The Morgan fingerprint density at radius 2 is 2.06 bits per heavy atom. The van der Waals surface area contributed by atoms with Crippen LogP contribution < -0.4 is 5.32 Å². The molecular formula is C12H11NO3. The highest BCUT2D eigenvalue weighted by Gasteiger charge is 2.08. The summed E-state index contributed by atoms with van der Waals surface area (Å²) in [5.74, 6) is 3.29. The minimum Gasteiger partial charge on any atom is -0.478 e. The van der Waals surface area contributed by atoms with Gasteiger partial charge < -0.3 is 10.4 Å². The molecule has 0 spiro atoms. The highest BCUT2D eigenvalue weighted by atomic mass is 16.4. The quantitative estimate of drug-likeness (QED) is 0.740. The molecule has 0 unspecified atom stereocenters. The third-order valence-corrected chi connectivity index (χ3v) is 1.96. The molecule has 0 saturated heterocycles. The summed E-state index contributed by atoms with van der Waals surface area (Å²) in [5.41, 5.74) is 1.24. The third-order valence-electron chi connectivity index (χ3n) is 1.96. The molecule has 0 bridgehead atoms. The van der Waals surface area contributed by atoms with Gasteiger partial charge in [-0.15, -0.1) is 0 Å². The van der Waals surface area contributed by atoms with E-state index in [1.54, 1.807) is 26.0 Å². The number of carbonyl (C=O) groups is 2. The first-order valence-electron chi connectivity index (χ1n) is 4.62. The Balaban J connectivity index is 2.98. The molecule has 0 heterocycles. The molecule has 1 amide bonds. The van der Waals surface area contributed by atoms with Crippen molar-refractivity contribution in [2.24, 2.45) is 0 Å². The van der Waals surface area contributed by atoms with Gasteiger partial charge in [0.15, 0.2) is 0 Å². The molecule has 82 valence electrons. The number of carboxylic acid groups (broad SMARTS) is 1. The highest BCUT2D eigenvalue weighted by Crippen LogP contribution is 2.15. The summed E-state index contributed by atoms with van der Waals surface area (Å²) in [5, 5.41) is 11.4. The maximum Gasteiger partial charge on any atom is 0.336 e. The van der Waals surface area contributed by atoms with E-state index in [1.807, 2.05) is 0 Å². The number of hydrogen-bond acceptors (Lipinski definition) is 2. The maximum absolute atomic E-state index is 11.1. The Labute approximate surface area is 93.3 Å². The molecule has 0 fully saturated rings. The molecule has 0 aliphatic carbocycles. The van der Waals surface area contributed by atoms with Gasteiger partial charge in [0, 0.05) is 5.69 Å². The lowest BCUT2D eigenvalue weighted by atomic mass is 10.1. The van der Waals surface area contributed by atoms with E-state index in [9.17, 15) is 9.59 Å². The van der Waals surface area contributed by atoms with Crippen LogP contribution >= 0.6 is 0 Å². The number of nitrogens with one attached hydrogen (secondary N) is 1. The Hall–Kier alpha value is -2.28. The van der Waals surface area contributed by atoms with Crippen molar-refractivity contribution >= 4 is 17.6 Å². The SMILES string of the molecule is CC#CC(=O)Nc1ccc(C)c(C(=O)O)c1. The van der Waals surface area contributed by atoms with Crippen LogP contribution in [-0.2, 0) is 4.79 Å². The molecule has 1 aromatic rings. The molecule has 1 rings (SSSR count). The van der Waals surface area contributed by atoms with Crippen LogP contribution in [0.25, 0.3) is 0 Å². The number of carbonyl (C=O) groups excluding carboxylic acids is 1. The van der Waals surface area contributed by atoms with Crippen molar-refractivity contribution in [2.75, 3.05) is 5.32 Å². The van der Waals surface area contributed by atoms with Gasteiger partial charge in [0.2, 0.25) is 0 Å². The number of amides is 1. The number of anilines is 1. The second-order valence-electron chi connectivity index (χ2n) is 3.16. The van der Waals surface area contributed by atoms with Gasteiger partial charge in [-0.2, -0.15) is 0 Å². The molecule has 0 aliphatic heterocycles. The summed E-state index contributed by atoms with van der Waals surface area (Å²) >= 11 is 0. The van der Waals surface area contributed by atoms with Crippen molar-refractivity contribution in [3.63, 3.8) is 0 Å². The zero-order valence-electron chi connectivity index (χ0n) is 9.00. The number of rotatable bonds is 2. The van der Waals surface area contributed by atoms with Crippen molar-refractivity contribution in [2.45, 2.75) is 13.8 Å². The van der Waals surface area contributed by atoms with Gasteiger partial charge >= 0.3 is 5.97 Å². The molecule has 2 N–H and O–H groups in total. The van der Waals surface area contributed by atoms with Crippen LogP contribution in [0.4, 0.5) is 5.69 Å². The van der Waals surface area contributed by atoms with E-state index >= 15 is 0 Å². The van der Waals surface area contributed by atoms with E-state index < -0.39 is 11.9 Å². The summed E-state index contributed by atoms with van der Waals surface area (Å²) in [6, 6.07) is 4.68. The number of benzene rings is 1. The van der Waals surface area contributed by atoms with E-state index in [0.29, 0.717) is 11.3 Å². The fraction of sp³-hybridized carbons (Fsp3) is 0.167. The summed E-state index contributed by atoms with van der Waals surface area (Å²) in [7, 11) is 0. The van der Waals surface area contributed by atoms with Crippen LogP contribution in [0, 0.1) is 18.8 Å². The summed E-state index contributed by atoms with van der Waals surface area (Å²) < 4.78 is 0. The van der Waals surface area contributed by atoms with Crippen molar-refractivity contribution in [1.29, 1.82) is 0 Å². The lowest BCUT2D eigenvalue weighted by Crippen LogP contribution is -2.09. The Morgan fingerprint density at radius 3 is 2.62 bits per heavy atom. The average molecular weight is 217 g/mol. The summed E-state index contributed by atoms with van der Waals surface area (Å²) in [6.07, 6.45) is 0. The number of carboxylic acids is 1. The minimum absolute atomic E-state index is 0.169. The maximum atomic E-state index is 11.1. The third kappa shape index (κ3) is 2.85. The van der Waals surface area contributed by atoms with Crippen molar-refractivity contribution < 1.29 is 14.7 Å². The van der Waals surface area contributed by atoms with Crippen LogP contribution in [-0.4, -0.2) is 17.0 Å². The van der Waals surface area contributed by atoms with Crippen LogP contribution in [0.15, 0.2) is 18.2 Å². The monoisotopic (exact) mass is 217 g/mol. The van der Waals surface area contributed by atoms with Crippen LogP contribution in [0.1, 0.15) is 22.8 Å². The van der Waals surface area contributed by atoms with Gasteiger partial charge in [-0.3, -0.25) is 4.79 Å². The van der Waals surface area contributed by atoms with E-state index in [0.717, 1.165) is 0 Å². The molecule has 4 nitrogen and oxygen atoms in total. The van der Waals surface area contributed by atoms with Crippen molar-refractivity contribution in [3.05, 3.63) is 29.3 Å². The van der Waals surface area contributed by atoms with E-state index in [4.69, 9.17) is 5.11 Å². The first-order chi connectivity index (χ1) is 7.54. The lowest BCUT2D eigenvalue weighted by molar-refractivity contribution is -0.111. The molecule has 0 saturated carbocycles. The smallest absolute Gasteiger partial charge is 0.336 e. The van der Waals surface area contributed by atoms with Gasteiger partial charge in [0.25, 0.3) is 5.91 Å². The first kappa shape index (κ1) is 11.8. The summed E-state index contributed by atoms with van der Waals surface area (Å²) in [6.45, 7) is 3.25. The molecule has 1 aromatic carbocycles. The predicted molar refractivity (Wildman–Crippen MR) is 60.2 cm³/mol. The van der Waals surface area contributed by atoms with Gasteiger partial charge in [0.1, 0.15) is 0 Å². The highest BCUT2D eigenvalue weighted by molar-refractivity contribution is 6.04. The molecule has 4 heteroatoms. The fourth-order valence-electron chi connectivity index (χ4n) is 1.21. The number of hydrogen-bond donors (Lipinski definition) is 2. The van der Waals surface area contributed by atoms with Gasteiger partial charge in [-0.25, -0.2) is 4.79 Å². The largest absolute Gasteiger partial charge is 0.478 e. The van der Waals surface area contributed by atoms with Gasteiger partial charge in [-0.05, 0) is 37.5 Å². The van der Waals surface area contributed by atoms with E-state index in [-0.39, 0.29) is 5.56 Å². The topological polar surface area (TPSA) is 66.4 Å². The number of aryl methyl sites for hydroxylation is 1. The van der Waals surface area contributed by atoms with Crippen LogP contribution in [0.2, 0.25) is 0 Å². The zero-order valence-corrected chi connectivity index (χ0v) is 9.00. The van der Waals surface area contributed by atoms with Gasteiger partial charge in [-0.1, -0.05) is 12.0 Å². The lowest BCUT2D eigenvalue weighted by Gasteiger charge is -2.05. The van der Waals surface area contributed by atoms with Crippen LogP contribution in [0.3, 0.4) is 0 Å². The Bertz CT molecular complexity index is 495. The molecular weight excluding hydrogens is 206 g/mol. The second-order valence-corrected chi connectivity index (χ2v) is 3.16. The minimum atomic E-state index is -1.02.